The fraction of sp³-hybridized carbons (Fsp3) is 0.538. The Morgan fingerprint density at radius 3 is 2.67 bits per heavy atom. The third-order valence-electron chi connectivity index (χ3n) is 3.88. The predicted molar refractivity (Wildman–Crippen MR) is 69.1 cm³/mol. The van der Waals surface area contributed by atoms with E-state index in [1.807, 2.05) is 13.8 Å². The molecule has 1 fully saturated rings. The Hall–Kier alpha value is -0.520. The van der Waals surface area contributed by atoms with Crippen LogP contribution in [-0.4, -0.2) is 17.3 Å². The molecule has 0 radical (unpaired) electrons. The van der Waals surface area contributed by atoms with Crippen molar-refractivity contribution in [2.24, 2.45) is 5.41 Å². The topological polar surface area (TPSA) is 32.3 Å². The molecule has 0 heterocycles. The predicted octanol–water partition coefficient (Wildman–Crippen LogP) is 2.98. The van der Waals surface area contributed by atoms with Gasteiger partial charge in [-0.2, -0.15) is 0 Å². The Balaban J connectivity index is 2.06. The summed E-state index contributed by atoms with van der Waals surface area (Å²) in [6, 6.07) is 2.67. The van der Waals surface area contributed by atoms with Gasteiger partial charge in [0, 0.05) is 23.6 Å². The van der Waals surface area contributed by atoms with Crippen molar-refractivity contribution in [3.05, 3.63) is 33.8 Å². The summed E-state index contributed by atoms with van der Waals surface area (Å²) >= 11 is 3.04. The number of hydrogen-bond acceptors (Lipinski definition) is 2. The van der Waals surface area contributed by atoms with Crippen LogP contribution in [0.2, 0.25) is 0 Å². The number of hydrogen-bond donors (Lipinski definition) is 2. The molecule has 1 saturated carbocycles. The van der Waals surface area contributed by atoms with Crippen LogP contribution in [0.1, 0.15) is 25.8 Å². The highest BCUT2D eigenvalue weighted by Gasteiger charge is 2.46. The van der Waals surface area contributed by atoms with Crippen LogP contribution in [-0.2, 0) is 6.54 Å². The first-order valence-electron chi connectivity index (χ1n) is 5.88. The zero-order valence-electron chi connectivity index (χ0n) is 10.3. The van der Waals surface area contributed by atoms with Crippen LogP contribution < -0.4 is 5.32 Å². The van der Waals surface area contributed by atoms with Gasteiger partial charge in [-0.3, -0.25) is 0 Å². The van der Waals surface area contributed by atoms with Gasteiger partial charge in [-0.25, -0.2) is 8.78 Å². The van der Waals surface area contributed by atoms with Gasteiger partial charge in [-0.05, 0) is 34.5 Å². The van der Waals surface area contributed by atoms with E-state index in [1.165, 1.54) is 12.1 Å². The van der Waals surface area contributed by atoms with E-state index in [1.54, 1.807) is 0 Å². The normalized spacial score (nSPS) is 25.9. The zero-order chi connectivity index (χ0) is 13.5. The van der Waals surface area contributed by atoms with Crippen LogP contribution in [0.15, 0.2) is 16.6 Å². The van der Waals surface area contributed by atoms with Crippen LogP contribution in [0.25, 0.3) is 0 Å². The monoisotopic (exact) mass is 319 g/mol. The number of benzene rings is 1. The molecule has 2 nitrogen and oxygen atoms in total. The van der Waals surface area contributed by atoms with E-state index in [0.29, 0.717) is 6.42 Å². The second-order valence-corrected chi connectivity index (χ2v) is 6.18. The molecule has 1 aromatic carbocycles. The molecule has 2 atom stereocenters. The minimum absolute atomic E-state index is 0.0292. The first-order valence-corrected chi connectivity index (χ1v) is 6.67. The van der Waals surface area contributed by atoms with E-state index in [2.05, 4.69) is 21.2 Å². The molecule has 1 aliphatic rings. The molecule has 100 valence electrons. The molecule has 0 aromatic heterocycles. The maximum atomic E-state index is 13.7. The molecule has 0 spiro atoms. The van der Waals surface area contributed by atoms with Gasteiger partial charge in [0.25, 0.3) is 0 Å². The summed E-state index contributed by atoms with van der Waals surface area (Å²) in [4.78, 5) is 0. The zero-order valence-corrected chi connectivity index (χ0v) is 11.9. The van der Waals surface area contributed by atoms with Gasteiger partial charge in [0.2, 0.25) is 0 Å². The van der Waals surface area contributed by atoms with E-state index in [-0.39, 0.29) is 34.1 Å². The summed E-state index contributed by atoms with van der Waals surface area (Å²) in [6.45, 7) is 4.00. The fourth-order valence-corrected chi connectivity index (χ4v) is 2.58. The molecule has 0 bridgehead atoms. The highest BCUT2D eigenvalue weighted by molar-refractivity contribution is 9.10. The number of nitrogens with one attached hydrogen (secondary N) is 1. The van der Waals surface area contributed by atoms with Gasteiger partial charge in [0.05, 0.1) is 10.6 Å². The van der Waals surface area contributed by atoms with Crippen LogP contribution in [0, 0.1) is 17.0 Å². The molecule has 0 saturated heterocycles. The van der Waals surface area contributed by atoms with Crippen molar-refractivity contribution in [2.45, 2.75) is 39.0 Å². The third kappa shape index (κ3) is 2.31. The quantitative estimate of drug-likeness (QED) is 0.839. The largest absolute Gasteiger partial charge is 0.392 e. The molecule has 0 aliphatic heterocycles. The molecule has 0 amide bonds. The van der Waals surface area contributed by atoms with Crippen molar-refractivity contribution >= 4 is 15.9 Å². The first-order chi connectivity index (χ1) is 8.34. The Bertz CT molecular complexity index is 465. The average Bonchev–Trinajstić information content (AvgIpc) is 2.32. The van der Waals surface area contributed by atoms with Gasteiger partial charge in [-0.15, -0.1) is 0 Å². The molecule has 2 unspecified atom stereocenters. The smallest absolute Gasteiger partial charge is 0.144 e. The first kappa shape index (κ1) is 13.9. The van der Waals surface area contributed by atoms with E-state index < -0.39 is 11.6 Å². The minimum Gasteiger partial charge on any atom is -0.392 e. The summed E-state index contributed by atoms with van der Waals surface area (Å²) in [6.07, 6.45) is 0.261. The van der Waals surface area contributed by atoms with Gasteiger partial charge >= 0.3 is 0 Å². The molecular weight excluding hydrogens is 304 g/mol. The van der Waals surface area contributed by atoms with Gasteiger partial charge < -0.3 is 10.4 Å². The lowest BCUT2D eigenvalue weighted by molar-refractivity contribution is -0.0731. The fourth-order valence-electron chi connectivity index (χ4n) is 2.21. The molecule has 18 heavy (non-hydrogen) atoms. The second kappa shape index (κ2) is 4.87. The Morgan fingerprint density at radius 2 is 2.11 bits per heavy atom. The number of rotatable bonds is 3. The molecule has 2 rings (SSSR count). The van der Waals surface area contributed by atoms with E-state index in [0.717, 1.165) is 0 Å². The summed E-state index contributed by atoms with van der Waals surface area (Å²) in [7, 11) is 0. The van der Waals surface area contributed by atoms with Crippen LogP contribution in [0.5, 0.6) is 0 Å². The summed E-state index contributed by atoms with van der Waals surface area (Å²) in [5, 5.41) is 12.7. The van der Waals surface area contributed by atoms with Crippen molar-refractivity contribution in [3.63, 3.8) is 0 Å². The molecule has 5 heteroatoms. The van der Waals surface area contributed by atoms with Crippen molar-refractivity contribution in [1.82, 2.24) is 5.32 Å². The highest BCUT2D eigenvalue weighted by Crippen LogP contribution is 2.40. The van der Waals surface area contributed by atoms with Crippen LogP contribution in [0.4, 0.5) is 8.78 Å². The number of halogens is 3. The number of aliphatic hydroxyl groups excluding tert-OH is 1. The SMILES string of the molecule is CC1(C)C(O)CC1NCc1c(F)ccc(Br)c1F. The standard InChI is InChI=1S/C13H16BrF2NO/c1-13(2)10(5-11(13)18)17-6-7-9(15)4-3-8(14)12(7)16/h3-4,10-11,17-18H,5-6H2,1-2H3. The average molecular weight is 320 g/mol. The Morgan fingerprint density at radius 1 is 1.44 bits per heavy atom. The summed E-state index contributed by atoms with van der Waals surface area (Å²) < 4.78 is 27.5. The highest BCUT2D eigenvalue weighted by atomic mass is 79.9. The maximum absolute atomic E-state index is 13.7. The lowest BCUT2D eigenvalue weighted by Crippen LogP contribution is -2.59. The van der Waals surface area contributed by atoms with E-state index in [9.17, 15) is 13.9 Å². The third-order valence-corrected chi connectivity index (χ3v) is 4.49. The molecule has 2 N–H and O–H groups in total. The van der Waals surface area contributed by atoms with Gasteiger partial charge in [0.15, 0.2) is 0 Å². The van der Waals surface area contributed by atoms with Gasteiger partial charge in [0.1, 0.15) is 11.6 Å². The summed E-state index contributed by atoms with van der Waals surface area (Å²) in [5.74, 6) is -1.12. The van der Waals surface area contributed by atoms with Crippen LogP contribution >= 0.6 is 15.9 Å². The van der Waals surface area contributed by atoms with Crippen molar-refractivity contribution in [2.75, 3.05) is 0 Å². The van der Waals surface area contributed by atoms with Gasteiger partial charge in [-0.1, -0.05) is 13.8 Å². The summed E-state index contributed by atoms with van der Waals surface area (Å²) in [5.41, 5.74) is -0.222. The lowest BCUT2D eigenvalue weighted by Gasteiger charge is -2.49. The van der Waals surface area contributed by atoms with Crippen molar-refractivity contribution in [1.29, 1.82) is 0 Å². The maximum Gasteiger partial charge on any atom is 0.144 e. The second-order valence-electron chi connectivity index (χ2n) is 5.33. The Kier molecular flexibility index (Phi) is 3.76. The van der Waals surface area contributed by atoms with E-state index in [4.69, 9.17) is 0 Å². The van der Waals surface area contributed by atoms with Crippen LogP contribution in [0.3, 0.4) is 0 Å². The Labute approximate surface area is 114 Å². The van der Waals surface area contributed by atoms with E-state index >= 15 is 0 Å². The molecule has 1 aromatic rings. The van der Waals surface area contributed by atoms with Crippen molar-refractivity contribution < 1.29 is 13.9 Å². The minimum atomic E-state index is -0.569. The lowest BCUT2D eigenvalue weighted by atomic mass is 9.64. The van der Waals surface area contributed by atoms with Crippen molar-refractivity contribution in [3.8, 4) is 0 Å². The number of aliphatic hydroxyl groups is 1. The molecular formula is C13H16BrF2NO. The molecule has 1 aliphatic carbocycles.